The molecule has 1 aliphatic heterocycles. The Morgan fingerprint density at radius 1 is 1.17 bits per heavy atom. The summed E-state index contributed by atoms with van der Waals surface area (Å²) < 4.78 is 24.8. The normalized spacial score (nSPS) is 17.2. The van der Waals surface area contributed by atoms with E-state index in [9.17, 15) is 14.0 Å². The molecule has 1 saturated heterocycles. The molecular weight excluding hydrogens is 375 g/mol. The van der Waals surface area contributed by atoms with Gasteiger partial charge in [-0.15, -0.1) is 0 Å². The standard InChI is InChI=1S/C22H25FN2O4/c1-13-5-7-15(8-6-13)25-10-9-16(22(25)27)21(26)24-14(2)17-11-19(28-3)20(29-4)12-18(17)23/h5-8,11-12,14,16H,9-10H2,1-4H3,(H,24,26). The monoisotopic (exact) mass is 400 g/mol. The molecule has 2 atom stereocenters. The fraction of sp³-hybridized carbons (Fsp3) is 0.364. The Morgan fingerprint density at radius 2 is 1.79 bits per heavy atom. The smallest absolute Gasteiger partial charge is 0.239 e. The van der Waals surface area contributed by atoms with Gasteiger partial charge in [0, 0.05) is 23.9 Å². The maximum atomic E-state index is 14.5. The van der Waals surface area contributed by atoms with Crippen molar-refractivity contribution in [3.8, 4) is 11.5 Å². The molecule has 2 aromatic carbocycles. The maximum Gasteiger partial charge on any atom is 0.239 e. The molecule has 2 aromatic rings. The molecule has 0 bridgehead atoms. The Morgan fingerprint density at radius 3 is 2.41 bits per heavy atom. The number of nitrogens with one attached hydrogen (secondary N) is 1. The predicted molar refractivity (Wildman–Crippen MR) is 108 cm³/mol. The van der Waals surface area contributed by atoms with E-state index in [4.69, 9.17) is 9.47 Å². The van der Waals surface area contributed by atoms with Crippen LogP contribution in [-0.2, 0) is 9.59 Å². The summed E-state index contributed by atoms with van der Waals surface area (Å²) in [5.41, 5.74) is 2.13. The van der Waals surface area contributed by atoms with E-state index in [1.165, 1.54) is 26.4 Å². The molecule has 0 saturated carbocycles. The van der Waals surface area contributed by atoms with E-state index in [1.807, 2.05) is 31.2 Å². The van der Waals surface area contributed by atoms with Crippen molar-refractivity contribution in [1.29, 1.82) is 0 Å². The third-order valence-electron chi connectivity index (χ3n) is 5.20. The van der Waals surface area contributed by atoms with E-state index in [0.717, 1.165) is 11.3 Å². The van der Waals surface area contributed by atoms with Crippen molar-refractivity contribution >= 4 is 17.5 Å². The lowest BCUT2D eigenvalue weighted by molar-refractivity contribution is -0.132. The minimum Gasteiger partial charge on any atom is -0.493 e. The van der Waals surface area contributed by atoms with Gasteiger partial charge in [0.25, 0.3) is 0 Å². The lowest BCUT2D eigenvalue weighted by Gasteiger charge is -2.20. The van der Waals surface area contributed by atoms with Crippen LogP contribution in [0.5, 0.6) is 11.5 Å². The number of rotatable bonds is 6. The van der Waals surface area contributed by atoms with Crippen molar-refractivity contribution in [1.82, 2.24) is 5.32 Å². The fourth-order valence-corrected chi connectivity index (χ4v) is 3.50. The van der Waals surface area contributed by atoms with E-state index in [1.54, 1.807) is 11.8 Å². The van der Waals surface area contributed by atoms with Gasteiger partial charge in [0.1, 0.15) is 11.7 Å². The van der Waals surface area contributed by atoms with Gasteiger partial charge in [-0.2, -0.15) is 0 Å². The molecule has 2 unspecified atom stereocenters. The number of carbonyl (C=O) groups is 2. The molecule has 2 amide bonds. The number of anilines is 1. The first kappa shape index (κ1) is 20.6. The zero-order valence-corrected chi connectivity index (χ0v) is 17.0. The molecule has 1 fully saturated rings. The van der Waals surface area contributed by atoms with E-state index >= 15 is 0 Å². The lowest BCUT2D eigenvalue weighted by Crippen LogP contribution is -2.38. The average Bonchev–Trinajstić information content (AvgIpc) is 3.09. The fourth-order valence-electron chi connectivity index (χ4n) is 3.50. The van der Waals surface area contributed by atoms with Crippen molar-refractivity contribution in [2.45, 2.75) is 26.3 Å². The van der Waals surface area contributed by atoms with Crippen LogP contribution < -0.4 is 19.7 Å². The lowest BCUT2D eigenvalue weighted by atomic mass is 10.0. The van der Waals surface area contributed by atoms with Crippen LogP contribution in [0.15, 0.2) is 36.4 Å². The van der Waals surface area contributed by atoms with Gasteiger partial charge in [-0.25, -0.2) is 4.39 Å². The zero-order chi connectivity index (χ0) is 21.1. The summed E-state index contributed by atoms with van der Waals surface area (Å²) in [6, 6.07) is 9.67. The van der Waals surface area contributed by atoms with Crippen molar-refractivity contribution < 1.29 is 23.5 Å². The molecule has 1 heterocycles. The van der Waals surface area contributed by atoms with E-state index in [2.05, 4.69) is 5.32 Å². The van der Waals surface area contributed by atoms with Gasteiger partial charge < -0.3 is 19.7 Å². The molecule has 29 heavy (non-hydrogen) atoms. The van der Waals surface area contributed by atoms with Crippen LogP contribution in [0.3, 0.4) is 0 Å². The zero-order valence-electron chi connectivity index (χ0n) is 17.0. The minimum absolute atomic E-state index is 0.244. The summed E-state index contributed by atoms with van der Waals surface area (Å²) in [5.74, 6) is -1.33. The molecule has 1 aliphatic rings. The van der Waals surface area contributed by atoms with Crippen molar-refractivity contribution in [2.75, 3.05) is 25.7 Å². The van der Waals surface area contributed by atoms with Gasteiger partial charge in [-0.1, -0.05) is 17.7 Å². The number of methoxy groups -OCH3 is 2. The Bertz CT molecular complexity index is 914. The van der Waals surface area contributed by atoms with Crippen LogP contribution in [0.1, 0.15) is 30.5 Å². The molecule has 1 N–H and O–H groups in total. The van der Waals surface area contributed by atoms with Gasteiger partial charge in [-0.3, -0.25) is 9.59 Å². The Hall–Kier alpha value is -3.09. The summed E-state index contributed by atoms with van der Waals surface area (Å²) in [7, 11) is 2.88. The van der Waals surface area contributed by atoms with Gasteiger partial charge in [0.2, 0.25) is 11.8 Å². The highest BCUT2D eigenvalue weighted by atomic mass is 19.1. The Balaban J connectivity index is 1.72. The topological polar surface area (TPSA) is 67.9 Å². The maximum absolute atomic E-state index is 14.5. The van der Waals surface area contributed by atoms with Crippen molar-refractivity contribution in [2.24, 2.45) is 5.92 Å². The number of hydrogen-bond acceptors (Lipinski definition) is 4. The quantitative estimate of drug-likeness (QED) is 0.755. The molecule has 7 heteroatoms. The van der Waals surface area contributed by atoms with E-state index in [0.29, 0.717) is 18.7 Å². The number of hydrogen-bond donors (Lipinski definition) is 1. The van der Waals surface area contributed by atoms with Gasteiger partial charge in [-0.05, 0) is 38.5 Å². The van der Waals surface area contributed by atoms with Crippen molar-refractivity contribution in [3.05, 3.63) is 53.3 Å². The SMILES string of the molecule is COc1cc(F)c(C(C)NC(=O)C2CCN(c3ccc(C)cc3)C2=O)cc1OC. The van der Waals surface area contributed by atoms with Crippen LogP contribution in [-0.4, -0.2) is 32.6 Å². The van der Waals surface area contributed by atoms with Crippen LogP contribution in [0.4, 0.5) is 10.1 Å². The van der Waals surface area contributed by atoms with Crippen LogP contribution in [0.2, 0.25) is 0 Å². The summed E-state index contributed by atoms with van der Waals surface area (Å²) >= 11 is 0. The Labute approximate surface area is 169 Å². The minimum atomic E-state index is -0.790. The third kappa shape index (κ3) is 4.18. The third-order valence-corrected chi connectivity index (χ3v) is 5.20. The number of nitrogens with zero attached hydrogens (tertiary/aromatic N) is 1. The second kappa shape index (κ2) is 8.51. The largest absolute Gasteiger partial charge is 0.493 e. The van der Waals surface area contributed by atoms with Crippen LogP contribution >= 0.6 is 0 Å². The number of amides is 2. The summed E-state index contributed by atoms with van der Waals surface area (Å²) in [4.78, 5) is 27.1. The number of carbonyl (C=O) groups excluding carboxylic acids is 2. The summed E-state index contributed by atoms with van der Waals surface area (Å²) in [6.07, 6.45) is 0.416. The number of aryl methyl sites for hydroxylation is 1. The molecule has 0 spiro atoms. The first-order chi connectivity index (χ1) is 13.8. The molecule has 0 aliphatic carbocycles. The van der Waals surface area contributed by atoms with Crippen molar-refractivity contribution in [3.63, 3.8) is 0 Å². The highest BCUT2D eigenvalue weighted by Crippen LogP contribution is 2.33. The van der Waals surface area contributed by atoms with Gasteiger partial charge in [0.05, 0.1) is 20.3 Å². The van der Waals surface area contributed by atoms with Crippen LogP contribution in [0.25, 0.3) is 0 Å². The first-order valence-electron chi connectivity index (χ1n) is 9.45. The Kier molecular flexibility index (Phi) is 6.06. The van der Waals surface area contributed by atoms with Gasteiger partial charge >= 0.3 is 0 Å². The molecule has 0 aromatic heterocycles. The average molecular weight is 400 g/mol. The second-order valence-electron chi connectivity index (χ2n) is 7.13. The van der Waals surface area contributed by atoms with E-state index in [-0.39, 0.29) is 17.2 Å². The highest BCUT2D eigenvalue weighted by Gasteiger charge is 2.38. The molecule has 154 valence electrons. The molecular formula is C22H25FN2O4. The predicted octanol–water partition coefficient (Wildman–Crippen LogP) is 3.38. The van der Waals surface area contributed by atoms with E-state index < -0.39 is 23.7 Å². The summed E-state index contributed by atoms with van der Waals surface area (Å²) in [6.45, 7) is 4.11. The number of ether oxygens (including phenoxy) is 2. The number of halogens is 1. The van der Waals surface area contributed by atoms with Gasteiger partial charge in [0.15, 0.2) is 11.5 Å². The second-order valence-corrected chi connectivity index (χ2v) is 7.13. The number of benzene rings is 2. The highest BCUT2D eigenvalue weighted by molar-refractivity contribution is 6.09. The van der Waals surface area contributed by atoms with Crippen LogP contribution in [0, 0.1) is 18.7 Å². The first-order valence-corrected chi connectivity index (χ1v) is 9.45. The molecule has 3 rings (SSSR count). The molecule has 6 nitrogen and oxygen atoms in total. The summed E-state index contributed by atoms with van der Waals surface area (Å²) in [5, 5.41) is 2.76. The molecule has 0 radical (unpaired) electrons.